The van der Waals surface area contributed by atoms with Gasteiger partial charge in [-0.3, -0.25) is 4.79 Å². The van der Waals surface area contributed by atoms with Gasteiger partial charge in [-0.2, -0.15) is 4.31 Å². The summed E-state index contributed by atoms with van der Waals surface area (Å²) in [6.07, 6.45) is 6.14. The molecule has 2 saturated carbocycles. The fraction of sp³-hybridized carbons (Fsp3) is 0.737. The van der Waals surface area contributed by atoms with Crippen LogP contribution in [0.1, 0.15) is 46.0 Å². The van der Waals surface area contributed by atoms with E-state index in [0.29, 0.717) is 36.7 Å². The van der Waals surface area contributed by atoms with E-state index in [9.17, 15) is 13.2 Å². The molecule has 28 heavy (non-hydrogen) atoms. The molecule has 1 aromatic heterocycles. The number of ketones is 1. The molecule has 2 heterocycles. The number of sulfonamides is 1. The van der Waals surface area contributed by atoms with Crippen molar-refractivity contribution in [1.82, 2.24) is 14.3 Å². The predicted octanol–water partition coefficient (Wildman–Crippen LogP) is 2.70. The Morgan fingerprint density at radius 3 is 2.61 bits per heavy atom. The smallest absolute Gasteiger partial charge is 0.316 e. The van der Waals surface area contributed by atoms with Crippen molar-refractivity contribution in [2.45, 2.75) is 52.1 Å². The number of carbonyl (C=O) groups excluding carboxylic acids is 1. The zero-order chi connectivity index (χ0) is 20.2. The molecule has 0 spiro atoms. The molecule has 3 atom stereocenters. The number of rotatable bonds is 5. The van der Waals surface area contributed by atoms with Gasteiger partial charge in [0.05, 0.1) is 29.7 Å². The number of ether oxygens (including phenoxy) is 1. The maximum Gasteiger partial charge on any atom is 0.316 e. The summed E-state index contributed by atoms with van der Waals surface area (Å²) < 4.78 is 33.8. The lowest BCUT2D eigenvalue weighted by Gasteiger charge is -2.39. The van der Waals surface area contributed by atoms with Crippen LogP contribution in [0.15, 0.2) is 12.4 Å². The third-order valence-electron chi connectivity index (χ3n) is 7.17. The Labute approximate surface area is 170 Å². The second kappa shape index (κ2) is 6.92. The summed E-state index contributed by atoms with van der Waals surface area (Å²) in [5.74, 6) is 0.332. The molecule has 7 nitrogen and oxygen atoms in total. The van der Waals surface area contributed by atoms with E-state index in [4.69, 9.17) is 16.3 Å². The van der Waals surface area contributed by atoms with Gasteiger partial charge < -0.3 is 4.74 Å². The average Bonchev–Trinajstić information content (AvgIpc) is 2.98. The number of Topliss-reactive ketones (excluding diaryl/α,β-unsaturated/α-hetero) is 1. The Bertz CT molecular complexity index is 874. The van der Waals surface area contributed by atoms with E-state index in [1.165, 1.54) is 16.7 Å². The van der Waals surface area contributed by atoms with Gasteiger partial charge in [-0.05, 0) is 37.0 Å². The minimum atomic E-state index is -3.58. The maximum atomic E-state index is 13.3. The minimum Gasteiger partial charge on any atom is -0.459 e. The third-order valence-corrected chi connectivity index (χ3v) is 9.34. The highest BCUT2D eigenvalue weighted by molar-refractivity contribution is 7.89. The molecule has 1 saturated heterocycles. The summed E-state index contributed by atoms with van der Waals surface area (Å²) in [7, 11) is -3.58. The molecule has 0 radical (unpaired) electrons. The zero-order valence-corrected chi connectivity index (χ0v) is 17.8. The lowest BCUT2D eigenvalue weighted by molar-refractivity contribution is -0.128. The summed E-state index contributed by atoms with van der Waals surface area (Å²) in [5.41, 5.74) is -1.01. The van der Waals surface area contributed by atoms with Crippen LogP contribution in [0.5, 0.6) is 6.01 Å². The number of hydrogen-bond acceptors (Lipinski definition) is 6. The zero-order valence-electron chi connectivity index (χ0n) is 16.2. The first-order valence-electron chi connectivity index (χ1n) is 9.79. The van der Waals surface area contributed by atoms with Crippen molar-refractivity contribution in [1.29, 1.82) is 0 Å². The number of halogens is 1. The van der Waals surface area contributed by atoms with Gasteiger partial charge in [0.1, 0.15) is 11.9 Å². The first kappa shape index (κ1) is 20.0. The topological polar surface area (TPSA) is 89.5 Å². The second-order valence-corrected chi connectivity index (χ2v) is 11.3. The largest absolute Gasteiger partial charge is 0.459 e. The highest BCUT2D eigenvalue weighted by Crippen LogP contribution is 2.64. The molecule has 2 bridgehead atoms. The fourth-order valence-corrected chi connectivity index (χ4v) is 7.66. The molecule has 3 aliphatic rings. The van der Waals surface area contributed by atoms with Gasteiger partial charge in [0, 0.05) is 18.4 Å². The minimum absolute atomic E-state index is 0.0908. The van der Waals surface area contributed by atoms with Crippen LogP contribution in [0, 0.1) is 16.7 Å². The predicted molar refractivity (Wildman–Crippen MR) is 105 cm³/mol. The highest BCUT2D eigenvalue weighted by Gasteiger charge is 2.65. The molecule has 1 aliphatic heterocycles. The standard InChI is InChI=1S/C19H26ClN3O4S/c1-18(2)13-5-6-19(18,16(24)8-13)12-28(25,26)23-7-3-4-15(11-23)27-17-21-9-14(20)10-22-17/h9-10,13,15H,3-8,11-12H2,1-2H3. The summed E-state index contributed by atoms with van der Waals surface area (Å²) >= 11 is 5.79. The molecule has 9 heteroatoms. The van der Waals surface area contributed by atoms with Crippen molar-refractivity contribution in [2.75, 3.05) is 18.8 Å². The van der Waals surface area contributed by atoms with Crippen LogP contribution in [0.4, 0.5) is 0 Å². The van der Waals surface area contributed by atoms with E-state index >= 15 is 0 Å². The van der Waals surface area contributed by atoms with E-state index < -0.39 is 15.4 Å². The summed E-state index contributed by atoms with van der Waals surface area (Å²) in [6.45, 7) is 4.83. The van der Waals surface area contributed by atoms with Gasteiger partial charge in [0.2, 0.25) is 10.0 Å². The molecule has 0 amide bonds. The molecule has 1 aromatic rings. The fourth-order valence-electron chi connectivity index (χ4n) is 5.28. The van der Waals surface area contributed by atoms with Gasteiger partial charge in [-0.15, -0.1) is 0 Å². The SMILES string of the molecule is CC1(C)C2CCC1(CS(=O)(=O)N1CCCC(Oc3ncc(Cl)cn3)C1)C(=O)C2. The van der Waals surface area contributed by atoms with Crippen molar-refractivity contribution in [2.24, 2.45) is 16.7 Å². The van der Waals surface area contributed by atoms with Crippen LogP contribution >= 0.6 is 11.6 Å². The quantitative estimate of drug-likeness (QED) is 0.717. The molecular weight excluding hydrogens is 402 g/mol. The number of hydrogen-bond donors (Lipinski definition) is 0. The summed E-state index contributed by atoms with van der Waals surface area (Å²) in [6, 6.07) is 0.193. The average molecular weight is 428 g/mol. The Balaban J connectivity index is 1.48. The van der Waals surface area contributed by atoms with Crippen LogP contribution in [-0.2, 0) is 14.8 Å². The van der Waals surface area contributed by atoms with E-state index in [1.807, 2.05) is 0 Å². The van der Waals surface area contributed by atoms with Gasteiger partial charge in [-0.1, -0.05) is 25.4 Å². The molecule has 2 aliphatic carbocycles. The monoisotopic (exact) mass is 427 g/mol. The van der Waals surface area contributed by atoms with Crippen LogP contribution < -0.4 is 4.74 Å². The van der Waals surface area contributed by atoms with Crippen molar-refractivity contribution < 1.29 is 17.9 Å². The van der Waals surface area contributed by atoms with E-state index in [-0.39, 0.29) is 35.6 Å². The van der Waals surface area contributed by atoms with Crippen LogP contribution in [-0.4, -0.2) is 53.4 Å². The number of piperidine rings is 1. The van der Waals surface area contributed by atoms with Crippen LogP contribution in [0.2, 0.25) is 5.02 Å². The Kier molecular flexibility index (Phi) is 4.95. The van der Waals surface area contributed by atoms with Gasteiger partial charge in [-0.25, -0.2) is 18.4 Å². The lowest BCUT2D eigenvalue weighted by atomic mass is 9.70. The van der Waals surface area contributed by atoms with Gasteiger partial charge in [0.25, 0.3) is 0 Å². The number of nitrogens with zero attached hydrogens (tertiary/aromatic N) is 3. The van der Waals surface area contributed by atoms with Gasteiger partial charge >= 0.3 is 6.01 Å². The summed E-state index contributed by atoms with van der Waals surface area (Å²) in [4.78, 5) is 20.8. The Morgan fingerprint density at radius 2 is 2.00 bits per heavy atom. The molecule has 3 fully saturated rings. The lowest BCUT2D eigenvalue weighted by Crippen LogP contribution is -2.50. The number of carbonyl (C=O) groups is 1. The molecular formula is C19H26ClN3O4S. The number of fused-ring (bicyclic) bond motifs is 2. The summed E-state index contributed by atoms with van der Waals surface area (Å²) in [5, 5.41) is 0.415. The molecule has 3 unspecified atom stereocenters. The molecule has 4 rings (SSSR count). The van der Waals surface area contributed by atoms with Crippen molar-refractivity contribution in [3.05, 3.63) is 17.4 Å². The van der Waals surface area contributed by atoms with Crippen LogP contribution in [0.25, 0.3) is 0 Å². The molecule has 154 valence electrons. The normalized spacial score (nSPS) is 32.6. The highest BCUT2D eigenvalue weighted by atomic mass is 35.5. The van der Waals surface area contributed by atoms with Gasteiger partial charge in [0.15, 0.2) is 0 Å². The van der Waals surface area contributed by atoms with Crippen molar-refractivity contribution in [3.8, 4) is 6.01 Å². The first-order valence-corrected chi connectivity index (χ1v) is 11.8. The third kappa shape index (κ3) is 3.23. The van der Waals surface area contributed by atoms with Crippen molar-refractivity contribution >= 4 is 27.4 Å². The van der Waals surface area contributed by atoms with Crippen molar-refractivity contribution in [3.63, 3.8) is 0 Å². The first-order chi connectivity index (χ1) is 13.1. The molecule has 0 N–H and O–H groups in total. The van der Waals surface area contributed by atoms with E-state index in [2.05, 4.69) is 23.8 Å². The second-order valence-electron chi connectivity index (χ2n) is 8.85. The Morgan fingerprint density at radius 1 is 1.29 bits per heavy atom. The molecule has 0 aromatic carbocycles. The van der Waals surface area contributed by atoms with E-state index in [0.717, 1.165) is 12.8 Å². The Hall–Kier alpha value is -1.25. The van der Waals surface area contributed by atoms with E-state index in [1.54, 1.807) is 0 Å². The van der Waals surface area contributed by atoms with Crippen LogP contribution in [0.3, 0.4) is 0 Å². The maximum absolute atomic E-state index is 13.3. The number of aromatic nitrogens is 2.